The molecule has 1 unspecified atom stereocenters. The summed E-state index contributed by atoms with van der Waals surface area (Å²) in [4.78, 5) is 11.6. The van der Waals surface area contributed by atoms with Crippen LogP contribution in [0.25, 0.3) is 0 Å². The van der Waals surface area contributed by atoms with Gasteiger partial charge in [0.2, 0.25) is 0 Å². The summed E-state index contributed by atoms with van der Waals surface area (Å²) in [6.07, 6.45) is 2.26. The molecule has 1 heterocycles. The minimum Gasteiger partial charge on any atom is -0.484 e. The number of hydrogen-bond donors (Lipinski definition) is 2. The molecule has 0 bridgehead atoms. The lowest BCUT2D eigenvalue weighted by molar-refractivity contribution is -0.123. The highest BCUT2D eigenvalue weighted by Crippen LogP contribution is 2.13. The Labute approximate surface area is 127 Å². The van der Waals surface area contributed by atoms with Gasteiger partial charge in [-0.2, -0.15) is 0 Å². The Morgan fingerprint density at radius 1 is 1.42 bits per heavy atom. The highest BCUT2D eigenvalue weighted by atomic mass is 127. The molecule has 19 heavy (non-hydrogen) atoms. The molecule has 1 atom stereocenters. The van der Waals surface area contributed by atoms with Crippen LogP contribution in [0.2, 0.25) is 0 Å². The molecular weight excluding hydrogens is 355 g/mol. The molecule has 104 valence electrons. The van der Waals surface area contributed by atoms with Crippen LogP contribution in [0.5, 0.6) is 5.75 Å². The molecule has 0 aliphatic carbocycles. The fraction of sp³-hybridized carbons (Fsp3) is 0.500. The van der Waals surface area contributed by atoms with E-state index < -0.39 is 0 Å². The van der Waals surface area contributed by atoms with E-state index >= 15 is 0 Å². The molecule has 1 aliphatic heterocycles. The second kappa shape index (κ2) is 7.69. The normalized spacial score (nSPS) is 18.3. The maximum Gasteiger partial charge on any atom is 0.257 e. The molecule has 1 fully saturated rings. The van der Waals surface area contributed by atoms with Gasteiger partial charge in [0, 0.05) is 10.1 Å². The van der Waals surface area contributed by atoms with Crippen molar-refractivity contribution in [1.82, 2.24) is 10.6 Å². The SMILES string of the molecule is O=C(COc1ccc(I)cc1)NCCC1CCNC1. The number of amides is 1. The smallest absolute Gasteiger partial charge is 0.257 e. The molecule has 2 rings (SSSR count). The molecule has 1 saturated heterocycles. The van der Waals surface area contributed by atoms with E-state index in [0.29, 0.717) is 5.92 Å². The van der Waals surface area contributed by atoms with Gasteiger partial charge in [-0.15, -0.1) is 0 Å². The lowest BCUT2D eigenvalue weighted by Gasteiger charge is -2.10. The van der Waals surface area contributed by atoms with Crippen LogP contribution in [0.4, 0.5) is 0 Å². The first kappa shape index (κ1) is 14.6. The summed E-state index contributed by atoms with van der Waals surface area (Å²) < 4.78 is 6.57. The van der Waals surface area contributed by atoms with E-state index in [9.17, 15) is 4.79 Å². The van der Waals surface area contributed by atoms with Crippen molar-refractivity contribution >= 4 is 28.5 Å². The van der Waals surface area contributed by atoms with Crippen LogP contribution in [-0.4, -0.2) is 32.1 Å². The van der Waals surface area contributed by atoms with Crippen LogP contribution < -0.4 is 15.4 Å². The van der Waals surface area contributed by atoms with Crippen molar-refractivity contribution in [3.8, 4) is 5.75 Å². The van der Waals surface area contributed by atoms with Gasteiger partial charge < -0.3 is 15.4 Å². The van der Waals surface area contributed by atoms with Gasteiger partial charge in [0.15, 0.2) is 6.61 Å². The van der Waals surface area contributed by atoms with Crippen LogP contribution in [0.1, 0.15) is 12.8 Å². The fourth-order valence-corrected chi connectivity index (χ4v) is 2.47. The molecule has 1 aliphatic rings. The molecule has 0 radical (unpaired) electrons. The highest BCUT2D eigenvalue weighted by molar-refractivity contribution is 14.1. The number of carbonyl (C=O) groups excluding carboxylic acids is 1. The van der Waals surface area contributed by atoms with Gasteiger partial charge in [0.25, 0.3) is 5.91 Å². The van der Waals surface area contributed by atoms with Gasteiger partial charge in [0.05, 0.1) is 0 Å². The number of carbonyl (C=O) groups is 1. The first-order valence-corrected chi connectivity index (χ1v) is 7.67. The second-order valence-electron chi connectivity index (χ2n) is 4.74. The maximum absolute atomic E-state index is 11.6. The summed E-state index contributed by atoms with van der Waals surface area (Å²) in [5.41, 5.74) is 0. The Kier molecular flexibility index (Phi) is 5.91. The van der Waals surface area contributed by atoms with Crippen LogP contribution in [0, 0.1) is 9.49 Å². The van der Waals surface area contributed by atoms with Crippen molar-refractivity contribution in [1.29, 1.82) is 0 Å². The van der Waals surface area contributed by atoms with Crippen LogP contribution in [0.3, 0.4) is 0 Å². The predicted octanol–water partition coefficient (Wildman–Crippen LogP) is 1.79. The Morgan fingerprint density at radius 3 is 2.89 bits per heavy atom. The number of halogens is 1. The summed E-state index contributed by atoms with van der Waals surface area (Å²) in [6.45, 7) is 3.01. The van der Waals surface area contributed by atoms with Gasteiger partial charge in [0.1, 0.15) is 5.75 Å². The van der Waals surface area contributed by atoms with E-state index in [1.807, 2.05) is 24.3 Å². The topological polar surface area (TPSA) is 50.4 Å². The highest BCUT2D eigenvalue weighted by Gasteiger charge is 2.14. The lowest BCUT2D eigenvalue weighted by Crippen LogP contribution is -2.30. The predicted molar refractivity (Wildman–Crippen MR) is 83.3 cm³/mol. The van der Waals surface area contributed by atoms with Crippen LogP contribution in [0.15, 0.2) is 24.3 Å². The standard InChI is InChI=1S/C14H19IN2O2/c15-12-1-3-13(4-2-12)19-10-14(18)17-8-6-11-5-7-16-9-11/h1-4,11,16H,5-10H2,(H,17,18). The van der Waals surface area contributed by atoms with Gasteiger partial charge in [-0.3, -0.25) is 4.79 Å². The Morgan fingerprint density at radius 2 is 2.21 bits per heavy atom. The van der Waals surface area contributed by atoms with E-state index in [4.69, 9.17) is 4.74 Å². The lowest BCUT2D eigenvalue weighted by atomic mass is 10.1. The quantitative estimate of drug-likeness (QED) is 0.747. The average molecular weight is 374 g/mol. The number of hydrogen-bond acceptors (Lipinski definition) is 3. The van der Waals surface area contributed by atoms with Crippen molar-refractivity contribution in [2.45, 2.75) is 12.8 Å². The zero-order valence-corrected chi connectivity index (χ0v) is 13.0. The molecule has 1 amide bonds. The summed E-state index contributed by atoms with van der Waals surface area (Å²) in [7, 11) is 0. The molecule has 0 spiro atoms. The van der Waals surface area contributed by atoms with Crippen molar-refractivity contribution in [3.63, 3.8) is 0 Å². The number of rotatable bonds is 6. The third-order valence-electron chi connectivity index (χ3n) is 3.22. The van der Waals surface area contributed by atoms with E-state index in [0.717, 1.165) is 35.4 Å². The summed E-state index contributed by atoms with van der Waals surface area (Å²) in [5.74, 6) is 1.39. The number of nitrogens with one attached hydrogen (secondary N) is 2. The minimum absolute atomic E-state index is 0.0514. The average Bonchev–Trinajstić information content (AvgIpc) is 2.91. The Bertz CT molecular complexity index is 402. The molecule has 0 aromatic heterocycles. The molecule has 4 nitrogen and oxygen atoms in total. The fourth-order valence-electron chi connectivity index (χ4n) is 2.11. The number of ether oxygens (including phenoxy) is 1. The molecule has 2 N–H and O–H groups in total. The van der Waals surface area contributed by atoms with E-state index in [1.165, 1.54) is 6.42 Å². The van der Waals surface area contributed by atoms with E-state index in [1.54, 1.807) is 0 Å². The van der Waals surface area contributed by atoms with Crippen molar-refractivity contribution in [3.05, 3.63) is 27.8 Å². The summed E-state index contributed by atoms with van der Waals surface area (Å²) in [6, 6.07) is 7.67. The monoisotopic (exact) mass is 374 g/mol. The van der Waals surface area contributed by atoms with Gasteiger partial charge in [-0.05, 0) is 78.7 Å². The molecular formula is C14H19IN2O2. The largest absolute Gasteiger partial charge is 0.484 e. The zero-order valence-electron chi connectivity index (χ0n) is 10.8. The Hall–Kier alpha value is -0.820. The van der Waals surface area contributed by atoms with Gasteiger partial charge in [-0.1, -0.05) is 0 Å². The van der Waals surface area contributed by atoms with Crippen LogP contribution in [-0.2, 0) is 4.79 Å². The Balaban J connectivity index is 1.60. The minimum atomic E-state index is -0.0514. The second-order valence-corrected chi connectivity index (χ2v) is 5.99. The zero-order chi connectivity index (χ0) is 13.5. The van der Waals surface area contributed by atoms with Crippen molar-refractivity contribution in [2.24, 2.45) is 5.92 Å². The van der Waals surface area contributed by atoms with Crippen molar-refractivity contribution in [2.75, 3.05) is 26.2 Å². The first-order chi connectivity index (χ1) is 9.24. The third-order valence-corrected chi connectivity index (χ3v) is 3.94. The maximum atomic E-state index is 11.6. The molecule has 5 heteroatoms. The van der Waals surface area contributed by atoms with Crippen molar-refractivity contribution < 1.29 is 9.53 Å². The first-order valence-electron chi connectivity index (χ1n) is 6.60. The van der Waals surface area contributed by atoms with Gasteiger partial charge in [-0.25, -0.2) is 0 Å². The van der Waals surface area contributed by atoms with Crippen LogP contribution >= 0.6 is 22.6 Å². The summed E-state index contributed by atoms with van der Waals surface area (Å²) >= 11 is 2.23. The summed E-state index contributed by atoms with van der Waals surface area (Å²) in [5, 5.41) is 6.22. The number of benzene rings is 1. The molecule has 1 aromatic carbocycles. The third kappa shape index (κ3) is 5.36. The molecule has 1 aromatic rings. The van der Waals surface area contributed by atoms with E-state index in [-0.39, 0.29) is 12.5 Å². The van der Waals surface area contributed by atoms with E-state index in [2.05, 4.69) is 33.2 Å². The van der Waals surface area contributed by atoms with Gasteiger partial charge >= 0.3 is 0 Å². The molecule has 0 saturated carbocycles.